The molecule has 0 radical (unpaired) electrons. The Morgan fingerprint density at radius 2 is 1.74 bits per heavy atom. The first-order valence-corrected chi connectivity index (χ1v) is 13.5. The van der Waals surface area contributed by atoms with Crippen molar-refractivity contribution in [3.8, 4) is 22.7 Å². The zero-order valence-electron chi connectivity index (χ0n) is 23.3. The van der Waals surface area contributed by atoms with Gasteiger partial charge in [0.1, 0.15) is 24.0 Å². The summed E-state index contributed by atoms with van der Waals surface area (Å²) in [5, 5.41) is 0. The molecule has 6 nitrogen and oxygen atoms in total. The van der Waals surface area contributed by atoms with Crippen molar-refractivity contribution in [1.82, 2.24) is 4.57 Å². The molecule has 0 spiro atoms. The van der Waals surface area contributed by atoms with Gasteiger partial charge in [-0.25, -0.2) is 13.6 Å². The highest BCUT2D eigenvalue weighted by molar-refractivity contribution is 6.03. The first-order valence-electron chi connectivity index (χ1n) is 13.5. The predicted molar refractivity (Wildman–Crippen MR) is 149 cm³/mol. The number of alkyl halides is 3. The third-order valence-electron chi connectivity index (χ3n) is 7.32. The smallest absolute Gasteiger partial charge is 0.416 e. The summed E-state index contributed by atoms with van der Waals surface area (Å²) >= 11 is 0. The van der Waals surface area contributed by atoms with Crippen molar-refractivity contribution in [3.05, 3.63) is 101 Å². The molecule has 224 valence electrons. The van der Waals surface area contributed by atoms with Gasteiger partial charge in [-0.2, -0.15) is 13.2 Å². The molecule has 43 heavy (non-hydrogen) atoms. The minimum atomic E-state index is -4.66. The Morgan fingerprint density at radius 3 is 2.44 bits per heavy atom. The average Bonchev–Trinajstić information content (AvgIpc) is 3.36. The van der Waals surface area contributed by atoms with Crippen LogP contribution >= 0.6 is 0 Å². The van der Waals surface area contributed by atoms with Gasteiger partial charge in [-0.15, -0.1) is 0 Å². The van der Waals surface area contributed by atoms with E-state index in [0.717, 1.165) is 37.1 Å². The number of benzene rings is 3. The Morgan fingerprint density at radius 1 is 0.953 bits per heavy atom. The number of rotatable bonds is 7. The third kappa shape index (κ3) is 6.11. The molecule has 0 aliphatic carbocycles. The lowest BCUT2D eigenvalue weighted by Crippen LogP contribution is -2.36. The van der Waals surface area contributed by atoms with Gasteiger partial charge in [-0.05, 0) is 80.4 Å². The van der Waals surface area contributed by atoms with Gasteiger partial charge in [0.2, 0.25) is 5.91 Å². The van der Waals surface area contributed by atoms with Gasteiger partial charge in [-0.3, -0.25) is 4.79 Å². The monoisotopic (exact) mass is 598 g/mol. The van der Waals surface area contributed by atoms with E-state index in [0.29, 0.717) is 41.8 Å². The number of halogens is 5. The highest BCUT2D eigenvalue weighted by Gasteiger charge is 2.32. The van der Waals surface area contributed by atoms with E-state index in [9.17, 15) is 31.5 Å². The van der Waals surface area contributed by atoms with Crippen LogP contribution in [0.15, 0.2) is 66.7 Å². The zero-order chi connectivity index (χ0) is 30.9. The van der Waals surface area contributed by atoms with Crippen LogP contribution in [0.2, 0.25) is 0 Å². The Bertz CT molecular complexity index is 1700. The molecule has 4 aromatic rings. The molecule has 1 aliphatic heterocycles. The van der Waals surface area contributed by atoms with Crippen molar-refractivity contribution in [2.75, 3.05) is 18.6 Å². The summed E-state index contributed by atoms with van der Waals surface area (Å²) in [6, 6.07) is 14.0. The van der Waals surface area contributed by atoms with Gasteiger partial charge in [0.15, 0.2) is 0 Å². The Labute approximate surface area is 244 Å². The molecule has 1 amide bonds. The van der Waals surface area contributed by atoms with E-state index in [1.165, 1.54) is 24.1 Å². The molecule has 5 rings (SSSR count). The highest BCUT2D eigenvalue weighted by atomic mass is 19.4. The largest absolute Gasteiger partial charge is 0.488 e. The fraction of sp³-hybridized carbons (Fsp3) is 0.250. The fourth-order valence-corrected chi connectivity index (χ4v) is 5.15. The number of anilines is 1. The number of hydrogen-bond acceptors (Lipinski definition) is 4. The molecule has 0 saturated carbocycles. The zero-order valence-corrected chi connectivity index (χ0v) is 23.3. The van der Waals surface area contributed by atoms with Crippen LogP contribution in [0.3, 0.4) is 0 Å². The van der Waals surface area contributed by atoms with Crippen LogP contribution in [0.25, 0.3) is 16.9 Å². The molecule has 2 heterocycles. The standard InChI is InChI=1S/C32H27F5N2O4/c1-19-6-11-28(39(19)23-10-12-27(25(17-23)31(41)42-2)38-14-4-3-5-30(38)40)24-15-21(32(35,36)37)8-13-29(24)43-18-20-7-9-22(33)16-26(20)34/h6-13,15-17H,3-5,14,18H2,1-2H3. The van der Waals surface area contributed by atoms with E-state index in [4.69, 9.17) is 9.47 Å². The summed E-state index contributed by atoms with van der Waals surface area (Å²) in [7, 11) is 1.22. The third-order valence-corrected chi connectivity index (χ3v) is 7.32. The Kier molecular flexibility index (Phi) is 8.25. The molecular formula is C32H27F5N2O4. The Hall–Kier alpha value is -4.67. The van der Waals surface area contributed by atoms with E-state index in [-0.39, 0.29) is 35.0 Å². The number of carbonyl (C=O) groups excluding carboxylic acids is 2. The normalized spacial score (nSPS) is 13.7. The molecule has 11 heteroatoms. The van der Waals surface area contributed by atoms with Crippen molar-refractivity contribution in [2.24, 2.45) is 0 Å². The first kappa shape index (κ1) is 29.8. The number of aromatic nitrogens is 1. The Balaban J connectivity index is 1.62. The summed E-state index contributed by atoms with van der Waals surface area (Å²) in [5.41, 5.74) is 1.01. The number of ether oxygens (including phenoxy) is 2. The number of methoxy groups -OCH3 is 1. The van der Waals surface area contributed by atoms with Gasteiger partial charge in [0.25, 0.3) is 0 Å². The first-order chi connectivity index (χ1) is 20.5. The van der Waals surface area contributed by atoms with Crippen LogP contribution in [-0.2, 0) is 22.3 Å². The molecule has 0 bridgehead atoms. The number of nitrogens with zero attached hydrogens (tertiary/aromatic N) is 2. The van der Waals surface area contributed by atoms with Crippen LogP contribution in [0.1, 0.15) is 46.4 Å². The van der Waals surface area contributed by atoms with Crippen LogP contribution < -0.4 is 9.64 Å². The molecule has 0 unspecified atom stereocenters. The molecule has 1 aromatic heterocycles. The quantitative estimate of drug-likeness (QED) is 0.162. The maximum atomic E-state index is 14.3. The van der Waals surface area contributed by atoms with Gasteiger partial charge >= 0.3 is 12.1 Å². The number of esters is 1. The van der Waals surface area contributed by atoms with Crippen molar-refractivity contribution in [1.29, 1.82) is 0 Å². The summed E-state index contributed by atoms with van der Waals surface area (Å²) < 4.78 is 81.5. The van der Waals surface area contributed by atoms with E-state index >= 15 is 0 Å². The molecule has 0 atom stereocenters. The fourth-order valence-electron chi connectivity index (χ4n) is 5.15. The SMILES string of the molecule is COC(=O)c1cc(-n2c(C)ccc2-c2cc(C(F)(F)F)ccc2OCc2ccc(F)cc2F)ccc1N1CCCCC1=O. The van der Waals surface area contributed by atoms with E-state index in [1.807, 2.05) is 0 Å². The van der Waals surface area contributed by atoms with Crippen molar-refractivity contribution in [2.45, 2.75) is 39.0 Å². The van der Waals surface area contributed by atoms with Crippen molar-refractivity contribution < 1.29 is 41.0 Å². The molecule has 1 aliphatic rings. The van der Waals surface area contributed by atoms with Crippen molar-refractivity contribution >= 4 is 17.6 Å². The average molecular weight is 599 g/mol. The van der Waals surface area contributed by atoms with E-state index in [2.05, 4.69) is 0 Å². The van der Waals surface area contributed by atoms with Crippen LogP contribution in [0.5, 0.6) is 5.75 Å². The summed E-state index contributed by atoms with van der Waals surface area (Å²) in [6.45, 7) is 1.82. The maximum absolute atomic E-state index is 14.3. The van der Waals surface area contributed by atoms with E-state index in [1.54, 1.807) is 35.8 Å². The molecule has 1 saturated heterocycles. The van der Waals surface area contributed by atoms with Crippen LogP contribution in [0, 0.1) is 18.6 Å². The predicted octanol–water partition coefficient (Wildman–Crippen LogP) is 7.63. The second-order valence-corrected chi connectivity index (χ2v) is 10.1. The second kappa shape index (κ2) is 11.9. The van der Waals surface area contributed by atoms with Crippen molar-refractivity contribution in [3.63, 3.8) is 0 Å². The topological polar surface area (TPSA) is 60.8 Å². The lowest BCUT2D eigenvalue weighted by atomic mass is 10.0. The van der Waals surface area contributed by atoms with Gasteiger partial charge in [0, 0.05) is 41.5 Å². The van der Waals surface area contributed by atoms with Gasteiger partial charge < -0.3 is 18.9 Å². The number of carbonyl (C=O) groups is 2. The minimum Gasteiger partial charge on any atom is -0.488 e. The molecule has 3 aromatic carbocycles. The summed E-state index contributed by atoms with van der Waals surface area (Å²) in [5.74, 6) is -2.39. The van der Waals surface area contributed by atoms with Crippen LogP contribution in [0.4, 0.5) is 27.6 Å². The second-order valence-electron chi connectivity index (χ2n) is 10.1. The number of piperidine rings is 1. The number of hydrogen-bond donors (Lipinski definition) is 0. The van der Waals surface area contributed by atoms with E-state index < -0.39 is 29.3 Å². The summed E-state index contributed by atoms with van der Waals surface area (Å²) in [4.78, 5) is 27.0. The summed E-state index contributed by atoms with van der Waals surface area (Å²) in [6.07, 6.45) is -2.79. The maximum Gasteiger partial charge on any atom is 0.416 e. The van der Waals surface area contributed by atoms with Crippen LogP contribution in [-0.4, -0.2) is 30.1 Å². The minimum absolute atomic E-state index is 0.0179. The van der Waals surface area contributed by atoms with Gasteiger partial charge in [-0.1, -0.05) is 0 Å². The lowest BCUT2D eigenvalue weighted by molar-refractivity contribution is -0.137. The number of aryl methyl sites for hydroxylation is 1. The molecular weight excluding hydrogens is 571 g/mol. The number of amides is 1. The molecule has 0 N–H and O–H groups in total. The lowest BCUT2D eigenvalue weighted by Gasteiger charge is -2.28. The highest BCUT2D eigenvalue weighted by Crippen LogP contribution is 2.40. The molecule has 1 fully saturated rings. The van der Waals surface area contributed by atoms with Gasteiger partial charge in [0.05, 0.1) is 29.6 Å².